The van der Waals surface area contributed by atoms with Gasteiger partial charge in [0.15, 0.2) is 10.0 Å². The summed E-state index contributed by atoms with van der Waals surface area (Å²) in [5.74, 6) is -1.08. The minimum absolute atomic E-state index is 0.0402. The van der Waals surface area contributed by atoms with Gasteiger partial charge in [-0.2, -0.15) is 0 Å². The third kappa shape index (κ3) is 2.37. The highest BCUT2D eigenvalue weighted by Crippen LogP contribution is 2.36. The molecule has 7 heteroatoms. The molecular weight excluding hydrogens is 294 g/mol. The topological polar surface area (TPSA) is 76.0 Å². The number of aromatic carboxylic acids is 1. The molecule has 0 bridgehead atoms. The molecule has 0 saturated carbocycles. The molecular formula is C13H9N3O2S2. The van der Waals surface area contributed by atoms with Crippen LogP contribution in [0.2, 0.25) is 0 Å². The van der Waals surface area contributed by atoms with E-state index < -0.39 is 5.97 Å². The Labute approximate surface area is 122 Å². The van der Waals surface area contributed by atoms with Crippen LogP contribution in [0.4, 0.5) is 0 Å². The third-order valence-electron chi connectivity index (χ3n) is 2.61. The standard InChI is InChI=1S/C13H9N3O2S2/c1-7-6-19-13(14-7)20-11-8-4-2-3-5-9(8)15-16-10(11)12(17)18/h2-6H,1H3,(H,17,18). The van der Waals surface area contributed by atoms with Crippen LogP contribution in [-0.4, -0.2) is 26.3 Å². The van der Waals surface area contributed by atoms with E-state index in [0.717, 1.165) is 15.4 Å². The van der Waals surface area contributed by atoms with E-state index in [4.69, 9.17) is 0 Å². The van der Waals surface area contributed by atoms with E-state index in [0.29, 0.717) is 10.4 Å². The highest BCUT2D eigenvalue weighted by Gasteiger charge is 2.18. The van der Waals surface area contributed by atoms with Gasteiger partial charge < -0.3 is 5.11 Å². The number of aryl methyl sites for hydroxylation is 1. The van der Waals surface area contributed by atoms with Crippen LogP contribution in [0.25, 0.3) is 10.9 Å². The van der Waals surface area contributed by atoms with Gasteiger partial charge in [0.1, 0.15) is 0 Å². The van der Waals surface area contributed by atoms with Gasteiger partial charge in [0, 0.05) is 16.5 Å². The van der Waals surface area contributed by atoms with Crippen LogP contribution in [0.1, 0.15) is 16.2 Å². The fourth-order valence-electron chi connectivity index (χ4n) is 1.74. The first-order valence-corrected chi connectivity index (χ1v) is 7.43. The van der Waals surface area contributed by atoms with Crippen molar-refractivity contribution in [2.75, 3.05) is 0 Å². The molecule has 100 valence electrons. The zero-order chi connectivity index (χ0) is 14.1. The molecule has 0 aliphatic heterocycles. The van der Waals surface area contributed by atoms with E-state index >= 15 is 0 Å². The monoisotopic (exact) mass is 303 g/mol. The van der Waals surface area contributed by atoms with Crippen molar-refractivity contribution in [1.29, 1.82) is 0 Å². The van der Waals surface area contributed by atoms with Gasteiger partial charge in [-0.1, -0.05) is 30.0 Å². The molecule has 0 unspecified atom stereocenters. The number of carbonyl (C=O) groups is 1. The lowest BCUT2D eigenvalue weighted by Crippen LogP contribution is -2.05. The summed E-state index contributed by atoms with van der Waals surface area (Å²) in [6.45, 7) is 1.90. The van der Waals surface area contributed by atoms with Gasteiger partial charge in [0.25, 0.3) is 0 Å². The molecule has 2 aromatic heterocycles. The normalized spacial score (nSPS) is 10.8. The quantitative estimate of drug-likeness (QED) is 0.800. The Bertz CT molecular complexity index is 801. The second kappa shape index (κ2) is 5.18. The van der Waals surface area contributed by atoms with Crippen LogP contribution in [0.3, 0.4) is 0 Å². The van der Waals surface area contributed by atoms with E-state index in [1.165, 1.54) is 23.1 Å². The molecule has 0 radical (unpaired) electrons. The van der Waals surface area contributed by atoms with Crippen LogP contribution >= 0.6 is 23.1 Å². The highest BCUT2D eigenvalue weighted by atomic mass is 32.2. The lowest BCUT2D eigenvalue weighted by Gasteiger charge is -2.06. The molecule has 3 rings (SSSR count). The predicted molar refractivity (Wildman–Crippen MR) is 77.5 cm³/mol. The summed E-state index contributed by atoms with van der Waals surface area (Å²) >= 11 is 2.80. The zero-order valence-electron chi connectivity index (χ0n) is 10.4. The average Bonchev–Trinajstić information content (AvgIpc) is 2.84. The molecule has 0 atom stereocenters. The van der Waals surface area contributed by atoms with Crippen LogP contribution in [-0.2, 0) is 0 Å². The van der Waals surface area contributed by atoms with E-state index in [9.17, 15) is 9.90 Å². The van der Waals surface area contributed by atoms with Crippen molar-refractivity contribution < 1.29 is 9.90 Å². The first-order chi connectivity index (χ1) is 9.65. The Kier molecular flexibility index (Phi) is 3.37. The maximum absolute atomic E-state index is 11.3. The van der Waals surface area contributed by atoms with Crippen LogP contribution in [0.5, 0.6) is 0 Å². The average molecular weight is 303 g/mol. The second-order valence-corrected chi connectivity index (χ2v) is 6.17. The molecule has 0 amide bonds. The van der Waals surface area contributed by atoms with Gasteiger partial charge in [-0.3, -0.25) is 0 Å². The second-order valence-electron chi connectivity index (χ2n) is 4.06. The number of carboxylic acid groups (broad SMARTS) is 1. The Hall–Kier alpha value is -1.99. The van der Waals surface area contributed by atoms with Crippen LogP contribution < -0.4 is 0 Å². The van der Waals surface area contributed by atoms with E-state index in [2.05, 4.69) is 15.2 Å². The Morgan fingerprint density at radius 2 is 2.10 bits per heavy atom. The first kappa shape index (κ1) is 13.0. The zero-order valence-corrected chi connectivity index (χ0v) is 12.0. The molecule has 20 heavy (non-hydrogen) atoms. The van der Waals surface area contributed by atoms with E-state index in [-0.39, 0.29) is 5.69 Å². The fraction of sp³-hybridized carbons (Fsp3) is 0.0769. The van der Waals surface area contributed by atoms with Crippen molar-refractivity contribution in [3.05, 3.63) is 41.0 Å². The smallest absolute Gasteiger partial charge is 0.357 e. The summed E-state index contributed by atoms with van der Waals surface area (Å²) in [4.78, 5) is 16.3. The molecule has 0 fully saturated rings. The van der Waals surface area contributed by atoms with E-state index in [1.54, 1.807) is 0 Å². The number of hydrogen-bond donors (Lipinski definition) is 1. The number of aromatic nitrogens is 3. The van der Waals surface area contributed by atoms with Crippen molar-refractivity contribution in [2.24, 2.45) is 0 Å². The van der Waals surface area contributed by atoms with Gasteiger partial charge in [-0.15, -0.1) is 21.5 Å². The maximum Gasteiger partial charge on any atom is 0.357 e. The number of carboxylic acids is 1. The summed E-state index contributed by atoms with van der Waals surface area (Å²) in [6.07, 6.45) is 0. The minimum Gasteiger partial charge on any atom is -0.476 e. The Morgan fingerprint density at radius 3 is 2.80 bits per heavy atom. The molecule has 0 spiro atoms. The minimum atomic E-state index is -1.08. The molecule has 5 nitrogen and oxygen atoms in total. The summed E-state index contributed by atoms with van der Waals surface area (Å²) in [6, 6.07) is 7.36. The predicted octanol–water partition coefficient (Wildman–Crippen LogP) is 3.24. The number of nitrogens with zero attached hydrogens (tertiary/aromatic N) is 3. The molecule has 3 aromatic rings. The largest absolute Gasteiger partial charge is 0.476 e. The number of hydrogen-bond acceptors (Lipinski definition) is 6. The van der Waals surface area contributed by atoms with Gasteiger partial charge >= 0.3 is 5.97 Å². The van der Waals surface area contributed by atoms with E-state index in [1.807, 2.05) is 36.6 Å². The number of rotatable bonds is 3. The molecule has 1 N–H and O–H groups in total. The molecule has 1 aromatic carbocycles. The number of fused-ring (bicyclic) bond motifs is 1. The van der Waals surface area contributed by atoms with Crippen LogP contribution in [0, 0.1) is 6.92 Å². The summed E-state index contributed by atoms with van der Waals surface area (Å²) in [7, 11) is 0. The summed E-state index contributed by atoms with van der Waals surface area (Å²) in [5, 5.41) is 19.7. The number of thiazole rings is 1. The maximum atomic E-state index is 11.3. The molecule has 0 saturated heterocycles. The molecule has 0 aliphatic rings. The van der Waals surface area contributed by atoms with Gasteiger partial charge in [0.2, 0.25) is 0 Å². The van der Waals surface area contributed by atoms with Gasteiger partial charge in [-0.25, -0.2) is 9.78 Å². The van der Waals surface area contributed by atoms with Gasteiger partial charge in [0.05, 0.1) is 10.4 Å². The van der Waals surface area contributed by atoms with Crippen molar-refractivity contribution in [2.45, 2.75) is 16.2 Å². The number of benzene rings is 1. The lowest BCUT2D eigenvalue weighted by molar-refractivity contribution is 0.0685. The Morgan fingerprint density at radius 1 is 1.30 bits per heavy atom. The van der Waals surface area contributed by atoms with Crippen molar-refractivity contribution in [1.82, 2.24) is 15.2 Å². The fourth-order valence-corrected chi connectivity index (χ4v) is 3.72. The summed E-state index contributed by atoms with van der Waals surface area (Å²) in [5.41, 5.74) is 1.55. The lowest BCUT2D eigenvalue weighted by atomic mass is 10.2. The highest BCUT2D eigenvalue weighted by molar-refractivity contribution is 8.01. The van der Waals surface area contributed by atoms with Crippen molar-refractivity contribution in [3.8, 4) is 0 Å². The summed E-state index contributed by atoms with van der Waals surface area (Å²) < 4.78 is 0.795. The Balaban J connectivity index is 2.19. The molecule has 0 aliphatic carbocycles. The van der Waals surface area contributed by atoms with Crippen LogP contribution in [0.15, 0.2) is 38.9 Å². The van der Waals surface area contributed by atoms with Crippen molar-refractivity contribution >= 4 is 40.0 Å². The molecule has 2 heterocycles. The SMILES string of the molecule is Cc1csc(Sc2c(C(=O)O)nnc3ccccc23)n1. The van der Waals surface area contributed by atoms with Crippen molar-refractivity contribution in [3.63, 3.8) is 0 Å². The first-order valence-electron chi connectivity index (χ1n) is 5.74. The van der Waals surface area contributed by atoms with Gasteiger partial charge in [-0.05, 0) is 13.0 Å². The third-order valence-corrected chi connectivity index (χ3v) is 4.79.